The van der Waals surface area contributed by atoms with Crippen molar-refractivity contribution in [1.29, 1.82) is 0 Å². The Balaban J connectivity index is 2.62. The molecule has 1 atom stereocenters. The molecule has 0 aliphatic heterocycles. The smallest absolute Gasteiger partial charge is 0.165 e. The summed E-state index contributed by atoms with van der Waals surface area (Å²) in [6.07, 6.45) is 3.06. The van der Waals surface area contributed by atoms with Crippen molar-refractivity contribution in [2.75, 3.05) is 6.26 Å². The number of ketones is 1. The van der Waals surface area contributed by atoms with E-state index in [0.717, 1.165) is 25.5 Å². The van der Waals surface area contributed by atoms with Crippen molar-refractivity contribution in [3.63, 3.8) is 0 Å². The predicted octanol–water partition coefficient (Wildman–Crippen LogP) is 3.40. The van der Waals surface area contributed by atoms with Gasteiger partial charge in [-0.15, -0.1) is 11.3 Å². The van der Waals surface area contributed by atoms with Gasteiger partial charge in [-0.3, -0.25) is 9.00 Å². The van der Waals surface area contributed by atoms with E-state index in [1.54, 1.807) is 6.26 Å². The van der Waals surface area contributed by atoms with Crippen LogP contribution < -0.4 is 0 Å². The zero-order chi connectivity index (χ0) is 12.1. The molecule has 1 unspecified atom stereocenters. The molecule has 1 aliphatic carbocycles. The topological polar surface area (TPSA) is 34.1 Å². The average Bonchev–Trinajstić information content (AvgIpc) is 2.42. The van der Waals surface area contributed by atoms with E-state index in [9.17, 15) is 9.00 Å². The Morgan fingerprint density at radius 2 is 2.00 bits per heavy atom. The van der Waals surface area contributed by atoms with E-state index in [4.69, 9.17) is 0 Å². The number of thiophene rings is 1. The van der Waals surface area contributed by atoms with E-state index >= 15 is 0 Å². The molecule has 2 rings (SSSR count). The highest BCUT2D eigenvalue weighted by Crippen LogP contribution is 2.44. The van der Waals surface area contributed by atoms with Gasteiger partial charge in [0.15, 0.2) is 5.78 Å². The molecule has 0 aromatic carbocycles. The summed E-state index contributed by atoms with van der Waals surface area (Å²) in [6.45, 7) is 4.20. The highest BCUT2D eigenvalue weighted by molar-refractivity contribution is 9.11. The van der Waals surface area contributed by atoms with Crippen molar-refractivity contribution < 1.29 is 9.00 Å². The molecular weight excluding hydrogens is 308 g/mol. The van der Waals surface area contributed by atoms with Gasteiger partial charge in [0.1, 0.15) is 4.21 Å². The van der Waals surface area contributed by atoms with Gasteiger partial charge in [0.25, 0.3) is 0 Å². The van der Waals surface area contributed by atoms with Crippen molar-refractivity contribution >= 4 is 43.8 Å². The number of fused-ring (bicyclic) bond motifs is 1. The molecule has 0 N–H and O–H groups in total. The maximum absolute atomic E-state index is 12.1. The van der Waals surface area contributed by atoms with Crippen LogP contribution in [0.2, 0.25) is 0 Å². The summed E-state index contributed by atoms with van der Waals surface area (Å²) in [5, 5.41) is 0. The monoisotopic (exact) mass is 320 g/mol. The van der Waals surface area contributed by atoms with Crippen molar-refractivity contribution in [1.82, 2.24) is 0 Å². The number of hydrogen-bond acceptors (Lipinski definition) is 3. The van der Waals surface area contributed by atoms with Crippen LogP contribution in [0.15, 0.2) is 8.00 Å². The molecule has 5 heteroatoms. The first-order chi connectivity index (χ1) is 7.32. The number of carbonyl (C=O) groups excluding carboxylic acids is 1. The quantitative estimate of drug-likeness (QED) is 0.794. The van der Waals surface area contributed by atoms with Gasteiger partial charge in [0.2, 0.25) is 0 Å². The van der Waals surface area contributed by atoms with Crippen molar-refractivity contribution in [3.8, 4) is 0 Å². The van der Waals surface area contributed by atoms with Crippen LogP contribution in [0.3, 0.4) is 0 Å². The number of Topliss-reactive ketones (excluding diaryl/α,β-unsaturated/α-hetero) is 1. The zero-order valence-corrected chi connectivity index (χ0v) is 12.6. The lowest BCUT2D eigenvalue weighted by Gasteiger charge is -2.28. The van der Waals surface area contributed by atoms with Gasteiger partial charge in [-0.05, 0) is 33.3 Å². The summed E-state index contributed by atoms with van der Waals surface area (Å²) in [4.78, 5) is 12.1. The molecule has 2 nitrogen and oxygen atoms in total. The van der Waals surface area contributed by atoms with E-state index in [-0.39, 0.29) is 11.2 Å². The second-order valence-corrected chi connectivity index (χ2v) is 8.83. The molecule has 1 heterocycles. The Hall–Kier alpha value is -0.0000000000000000555. The van der Waals surface area contributed by atoms with E-state index in [1.807, 2.05) is 0 Å². The van der Waals surface area contributed by atoms with E-state index in [1.165, 1.54) is 11.3 Å². The Morgan fingerprint density at radius 1 is 1.38 bits per heavy atom. The Kier molecular flexibility index (Phi) is 3.14. The minimum atomic E-state index is -1.08. The third-order valence-electron chi connectivity index (χ3n) is 2.76. The first kappa shape index (κ1) is 12.5. The lowest BCUT2D eigenvalue weighted by atomic mass is 9.75. The maximum Gasteiger partial charge on any atom is 0.165 e. The van der Waals surface area contributed by atoms with Gasteiger partial charge in [0.05, 0.1) is 14.6 Å². The maximum atomic E-state index is 12.1. The van der Waals surface area contributed by atoms with Gasteiger partial charge in [-0.25, -0.2) is 0 Å². The predicted molar refractivity (Wildman–Crippen MR) is 70.8 cm³/mol. The third kappa shape index (κ3) is 2.05. The Bertz CT molecular complexity index is 488. The van der Waals surface area contributed by atoms with Gasteiger partial charge in [-0.1, -0.05) is 13.8 Å². The second kappa shape index (κ2) is 4.03. The number of hydrogen-bond donors (Lipinski definition) is 0. The van der Waals surface area contributed by atoms with Crippen LogP contribution >= 0.6 is 27.3 Å². The molecule has 88 valence electrons. The van der Waals surface area contributed by atoms with Crippen LogP contribution in [-0.2, 0) is 17.2 Å². The molecular formula is C11H13BrO2S2. The fraction of sp³-hybridized carbons (Fsp3) is 0.545. The Morgan fingerprint density at radius 3 is 2.56 bits per heavy atom. The van der Waals surface area contributed by atoms with E-state index in [2.05, 4.69) is 29.8 Å². The molecule has 1 aromatic heterocycles. The molecule has 0 bridgehead atoms. The van der Waals surface area contributed by atoms with Gasteiger partial charge in [0, 0.05) is 18.2 Å². The molecule has 0 amide bonds. The van der Waals surface area contributed by atoms with Crippen LogP contribution in [0.1, 0.15) is 36.2 Å². The largest absolute Gasteiger partial charge is 0.294 e. The normalized spacial score (nSPS) is 20.6. The van der Waals surface area contributed by atoms with Gasteiger partial charge >= 0.3 is 0 Å². The lowest BCUT2D eigenvalue weighted by molar-refractivity contribution is 0.0910. The Labute approximate surface area is 110 Å². The zero-order valence-electron chi connectivity index (χ0n) is 9.43. The number of halogens is 1. The van der Waals surface area contributed by atoms with Gasteiger partial charge in [-0.2, -0.15) is 0 Å². The second-order valence-electron chi connectivity index (χ2n) is 4.91. The summed E-state index contributed by atoms with van der Waals surface area (Å²) < 4.78 is 13.3. The molecule has 0 radical (unpaired) electrons. The first-order valence-electron chi connectivity index (χ1n) is 4.99. The third-order valence-corrected chi connectivity index (χ3v) is 6.22. The van der Waals surface area contributed by atoms with Crippen molar-refractivity contribution in [2.45, 2.75) is 30.9 Å². The highest BCUT2D eigenvalue weighted by Gasteiger charge is 2.36. The lowest BCUT2D eigenvalue weighted by Crippen LogP contribution is -2.26. The van der Waals surface area contributed by atoms with Crippen molar-refractivity contribution in [3.05, 3.63) is 14.9 Å². The molecule has 0 saturated heterocycles. The summed E-state index contributed by atoms with van der Waals surface area (Å²) in [7, 11) is -1.08. The minimum absolute atomic E-state index is 0.0141. The van der Waals surface area contributed by atoms with Crippen LogP contribution in [0.5, 0.6) is 0 Å². The fourth-order valence-electron chi connectivity index (χ4n) is 2.12. The van der Waals surface area contributed by atoms with Crippen LogP contribution in [0.4, 0.5) is 0 Å². The summed E-state index contributed by atoms with van der Waals surface area (Å²) >= 11 is 4.92. The first-order valence-corrected chi connectivity index (χ1v) is 8.16. The van der Waals surface area contributed by atoms with E-state index in [0.29, 0.717) is 6.42 Å². The molecule has 16 heavy (non-hydrogen) atoms. The number of rotatable bonds is 1. The molecule has 0 fully saturated rings. The standard InChI is InChI=1S/C11H13BrO2S2/c1-11(2)4-6-8(7(13)5-11)10(16(3)14)15-9(6)12/h4-5H2,1-3H3. The van der Waals surface area contributed by atoms with Crippen molar-refractivity contribution in [2.24, 2.45) is 5.41 Å². The van der Waals surface area contributed by atoms with Crippen LogP contribution in [0, 0.1) is 5.41 Å². The molecule has 0 saturated carbocycles. The van der Waals surface area contributed by atoms with Crippen LogP contribution in [0.25, 0.3) is 0 Å². The SMILES string of the molecule is CS(=O)c1sc(Br)c2c1C(=O)CC(C)(C)C2. The highest BCUT2D eigenvalue weighted by atomic mass is 79.9. The van der Waals surface area contributed by atoms with Gasteiger partial charge < -0.3 is 0 Å². The van der Waals surface area contributed by atoms with Crippen LogP contribution in [-0.4, -0.2) is 16.2 Å². The molecule has 1 aliphatic rings. The van der Waals surface area contributed by atoms with E-state index < -0.39 is 10.8 Å². The average molecular weight is 321 g/mol. The molecule has 0 spiro atoms. The molecule has 1 aromatic rings. The summed E-state index contributed by atoms with van der Waals surface area (Å²) in [6, 6.07) is 0. The summed E-state index contributed by atoms with van der Waals surface area (Å²) in [5.74, 6) is 0.137. The minimum Gasteiger partial charge on any atom is -0.294 e. The number of carbonyl (C=O) groups is 1. The summed E-state index contributed by atoms with van der Waals surface area (Å²) in [5.41, 5.74) is 1.79. The fourth-order valence-corrected chi connectivity index (χ4v) is 5.31.